The minimum atomic E-state index is 0.0186. The molecule has 2 aromatic carbocycles. The van der Waals surface area contributed by atoms with Gasteiger partial charge in [0.2, 0.25) is 0 Å². The topological polar surface area (TPSA) is 35.5 Å². The lowest BCUT2D eigenvalue weighted by Crippen LogP contribution is -2.08. The van der Waals surface area contributed by atoms with Gasteiger partial charge >= 0.3 is 0 Å². The molecule has 0 fully saturated rings. The van der Waals surface area contributed by atoms with Gasteiger partial charge in [0.15, 0.2) is 5.78 Å². The van der Waals surface area contributed by atoms with Crippen LogP contribution in [0.15, 0.2) is 60.9 Å². The summed E-state index contributed by atoms with van der Waals surface area (Å²) in [5.41, 5.74) is 2.45. The third-order valence-corrected chi connectivity index (χ3v) is 3.58. The van der Waals surface area contributed by atoms with Crippen LogP contribution >= 0.6 is 0 Å². The summed E-state index contributed by atoms with van der Waals surface area (Å²) < 4.78 is 10.9. The highest BCUT2D eigenvalue weighted by Gasteiger charge is 2.16. The number of carbonyl (C=O) groups excluding carboxylic acids is 1. The summed E-state index contributed by atoms with van der Waals surface area (Å²) in [6, 6.07) is 12.9. The number of benzene rings is 2. The van der Waals surface area contributed by atoms with Crippen LogP contribution in [0.3, 0.4) is 0 Å². The van der Waals surface area contributed by atoms with E-state index in [0.29, 0.717) is 23.5 Å². The highest BCUT2D eigenvalue weighted by atomic mass is 16.5. The fraction of sp³-hybridized carbons (Fsp3) is 0.105. The number of rotatable bonds is 1. The molecular weight excluding hydrogens is 276 g/mol. The maximum absolute atomic E-state index is 12.6. The Labute approximate surface area is 129 Å². The number of Topliss-reactive ketones (excluding diaryl/α,β-unsaturated/α-hetero) is 1. The van der Waals surface area contributed by atoms with Crippen molar-refractivity contribution >= 4 is 11.9 Å². The van der Waals surface area contributed by atoms with Crippen LogP contribution in [0.5, 0.6) is 11.5 Å². The van der Waals surface area contributed by atoms with Gasteiger partial charge in [-0.15, -0.1) is 0 Å². The number of methoxy groups -OCH3 is 1. The number of hydrogen-bond acceptors (Lipinski definition) is 3. The maximum atomic E-state index is 12.6. The van der Waals surface area contributed by atoms with E-state index in [-0.39, 0.29) is 5.78 Å². The molecule has 0 atom stereocenters. The van der Waals surface area contributed by atoms with E-state index in [4.69, 9.17) is 9.47 Å². The standard InChI is InChI=1S/C19H16O3/c1-13-7-8-14-11-16(21-2)10-9-15(14)12-18(20)17-5-3-4-6-19(17)22-13/h3-11H,1,12H2,2H3/b8-7-. The molecule has 0 bridgehead atoms. The Hall–Kier alpha value is -2.81. The molecular formula is C19H16O3. The van der Waals surface area contributed by atoms with Crippen LogP contribution in [0.2, 0.25) is 0 Å². The molecule has 3 nitrogen and oxygen atoms in total. The van der Waals surface area contributed by atoms with E-state index >= 15 is 0 Å². The van der Waals surface area contributed by atoms with Crippen molar-refractivity contribution in [2.45, 2.75) is 6.42 Å². The number of allylic oxidation sites excluding steroid dienone is 1. The minimum absolute atomic E-state index is 0.0186. The summed E-state index contributed by atoms with van der Waals surface area (Å²) in [5, 5.41) is 0. The molecule has 2 aromatic rings. The molecule has 1 aliphatic rings. The van der Waals surface area contributed by atoms with Gasteiger partial charge < -0.3 is 9.47 Å². The first-order valence-corrected chi connectivity index (χ1v) is 7.01. The van der Waals surface area contributed by atoms with Crippen LogP contribution in [-0.4, -0.2) is 12.9 Å². The van der Waals surface area contributed by atoms with Crippen molar-refractivity contribution in [2.75, 3.05) is 7.11 Å². The molecule has 3 heteroatoms. The van der Waals surface area contributed by atoms with Crippen LogP contribution in [0.4, 0.5) is 0 Å². The predicted molar refractivity (Wildman–Crippen MR) is 86.3 cm³/mol. The molecule has 0 amide bonds. The average molecular weight is 292 g/mol. The number of fused-ring (bicyclic) bond motifs is 2. The van der Waals surface area contributed by atoms with Crippen LogP contribution in [0.25, 0.3) is 6.08 Å². The zero-order valence-corrected chi connectivity index (χ0v) is 12.3. The van der Waals surface area contributed by atoms with Crippen molar-refractivity contribution in [3.05, 3.63) is 77.6 Å². The Morgan fingerprint density at radius 3 is 2.77 bits per heavy atom. The zero-order valence-electron chi connectivity index (χ0n) is 12.3. The lowest BCUT2D eigenvalue weighted by Gasteiger charge is -2.14. The molecule has 0 spiro atoms. The normalized spacial score (nSPS) is 15.3. The van der Waals surface area contributed by atoms with Crippen molar-refractivity contribution in [3.63, 3.8) is 0 Å². The summed E-state index contributed by atoms with van der Waals surface area (Å²) in [6.07, 6.45) is 4.00. The first-order chi connectivity index (χ1) is 10.7. The second kappa shape index (κ2) is 5.90. The van der Waals surface area contributed by atoms with Gasteiger partial charge in [-0.3, -0.25) is 4.79 Å². The third kappa shape index (κ3) is 2.79. The largest absolute Gasteiger partial charge is 0.497 e. The van der Waals surface area contributed by atoms with Gasteiger partial charge in [-0.05, 0) is 41.5 Å². The van der Waals surface area contributed by atoms with Crippen molar-refractivity contribution in [2.24, 2.45) is 0 Å². The van der Waals surface area contributed by atoms with Crippen LogP contribution in [0, 0.1) is 0 Å². The fourth-order valence-electron chi connectivity index (χ4n) is 2.43. The van der Waals surface area contributed by atoms with Gasteiger partial charge in [0.25, 0.3) is 0 Å². The molecule has 0 aliphatic carbocycles. The van der Waals surface area contributed by atoms with E-state index in [0.717, 1.165) is 16.9 Å². The molecule has 0 saturated carbocycles. The highest BCUT2D eigenvalue weighted by Crippen LogP contribution is 2.27. The van der Waals surface area contributed by atoms with Crippen LogP contribution in [0.1, 0.15) is 21.5 Å². The molecule has 0 aromatic heterocycles. The summed E-state index contributed by atoms with van der Waals surface area (Å²) in [4.78, 5) is 12.6. The SMILES string of the molecule is C=C1/C=C\c2cc(OC)ccc2CC(=O)c2ccccc2O1. The molecule has 22 heavy (non-hydrogen) atoms. The molecule has 0 unspecified atom stereocenters. The summed E-state index contributed by atoms with van der Waals surface area (Å²) >= 11 is 0. The number of ether oxygens (including phenoxy) is 2. The Balaban J connectivity index is 2.10. The van der Waals surface area contributed by atoms with Gasteiger partial charge in [0, 0.05) is 6.42 Å². The highest BCUT2D eigenvalue weighted by molar-refractivity contribution is 6.00. The van der Waals surface area contributed by atoms with Crippen LogP contribution in [-0.2, 0) is 6.42 Å². The Morgan fingerprint density at radius 2 is 1.95 bits per heavy atom. The van der Waals surface area contributed by atoms with Gasteiger partial charge in [-0.25, -0.2) is 0 Å². The average Bonchev–Trinajstić information content (AvgIpc) is 2.53. The third-order valence-electron chi connectivity index (χ3n) is 3.58. The second-order valence-corrected chi connectivity index (χ2v) is 5.06. The minimum Gasteiger partial charge on any atom is -0.497 e. The monoisotopic (exact) mass is 292 g/mol. The predicted octanol–water partition coefficient (Wildman–Crippen LogP) is 4.04. The van der Waals surface area contributed by atoms with E-state index in [1.807, 2.05) is 36.4 Å². The Kier molecular flexibility index (Phi) is 3.79. The van der Waals surface area contributed by atoms with Crippen molar-refractivity contribution < 1.29 is 14.3 Å². The second-order valence-electron chi connectivity index (χ2n) is 5.06. The van der Waals surface area contributed by atoms with E-state index in [2.05, 4.69) is 6.58 Å². The summed E-state index contributed by atoms with van der Waals surface area (Å²) in [5.74, 6) is 1.79. The molecule has 0 N–H and O–H groups in total. The van der Waals surface area contributed by atoms with Crippen molar-refractivity contribution in [3.8, 4) is 11.5 Å². The number of ketones is 1. The van der Waals surface area contributed by atoms with Crippen molar-refractivity contribution in [1.82, 2.24) is 0 Å². The summed E-state index contributed by atoms with van der Waals surface area (Å²) in [6.45, 7) is 3.88. The number of para-hydroxylation sites is 1. The van der Waals surface area contributed by atoms with E-state index in [1.54, 1.807) is 25.3 Å². The Bertz CT molecular complexity index is 772. The lowest BCUT2D eigenvalue weighted by molar-refractivity contribution is 0.0990. The lowest BCUT2D eigenvalue weighted by atomic mass is 9.97. The van der Waals surface area contributed by atoms with E-state index in [9.17, 15) is 4.79 Å². The maximum Gasteiger partial charge on any atom is 0.171 e. The number of hydrogen-bond donors (Lipinski definition) is 0. The van der Waals surface area contributed by atoms with Crippen molar-refractivity contribution in [1.29, 1.82) is 0 Å². The molecule has 0 radical (unpaired) electrons. The number of carbonyl (C=O) groups is 1. The van der Waals surface area contributed by atoms with Gasteiger partial charge in [-0.2, -0.15) is 0 Å². The molecule has 0 saturated heterocycles. The quantitative estimate of drug-likeness (QED) is 0.795. The van der Waals surface area contributed by atoms with E-state index in [1.165, 1.54) is 0 Å². The fourth-order valence-corrected chi connectivity index (χ4v) is 2.43. The smallest absolute Gasteiger partial charge is 0.171 e. The molecule has 3 rings (SSSR count). The summed E-state index contributed by atoms with van der Waals surface area (Å²) in [7, 11) is 1.62. The van der Waals surface area contributed by atoms with Gasteiger partial charge in [0.05, 0.1) is 12.7 Å². The van der Waals surface area contributed by atoms with E-state index < -0.39 is 0 Å². The first kappa shape index (κ1) is 14.1. The zero-order chi connectivity index (χ0) is 15.5. The molecule has 110 valence electrons. The molecule has 1 aliphatic heterocycles. The molecule has 1 heterocycles. The van der Waals surface area contributed by atoms with Gasteiger partial charge in [-0.1, -0.05) is 30.9 Å². The van der Waals surface area contributed by atoms with Gasteiger partial charge in [0.1, 0.15) is 17.3 Å². The Morgan fingerprint density at radius 1 is 1.14 bits per heavy atom. The first-order valence-electron chi connectivity index (χ1n) is 7.01. The van der Waals surface area contributed by atoms with Crippen LogP contribution < -0.4 is 9.47 Å².